The summed E-state index contributed by atoms with van der Waals surface area (Å²) in [6.45, 7) is 4.93. The fourth-order valence-electron chi connectivity index (χ4n) is 2.31. The molecule has 0 radical (unpaired) electrons. The van der Waals surface area contributed by atoms with Gasteiger partial charge >= 0.3 is 0 Å². The summed E-state index contributed by atoms with van der Waals surface area (Å²) in [7, 11) is 1.55. The van der Waals surface area contributed by atoms with Crippen LogP contribution in [-0.4, -0.2) is 12.2 Å². The van der Waals surface area contributed by atoms with Crippen LogP contribution in [0.4, 0.5) is 5.69 Å². The van der Waals surface area contributed by atoms with E-state index in [0.717, 1.165) is 12.0 Å². The standard InChI is InChI=1S/C17H21NO2/c1-4-14-7-5-6-12(2)17(14)18-11-13-8-9-16(20-3)15(19)10-13/h5-10,18-19H,4,11H2,1-3H3. The number of methoxy groups -OCH3 is 1. The van der Waals surface area contributed by atoms with E-state index < -0.39 is 0 Å². The van der Waals surface area contributed by atoms with Crippen molar-refractivity contribution >= 4 is 5.69 Å². The van der Waals surface area contributed by atoms with Crippen molar-refractivity contribution in [2.75, 3.05) is 12.4 Å². The van der Waals surface area contributed by atoms with Crippen LogP contribution in [0, 0.1) is 6.92 Å². The minimum atomic E-state index is 0.173. The number of hydrogen-bond donors (Lipinski definition) is 2. The van der Waals surface area contributed by atoms with E-state index in [4.69, 9.17) is 4.74 Å². The summed E-state index contributed by atoms with van der Waals surface area (Å²) in [6.07, 6.45) is 0.998. The average molecular weight is 271 g/mol. The molecule has 3 nitrogen and oxygen atoms in total. The monoisotopic (exact) mass is 271 g/mol. The molecule has 20 heavy (non-hydrogen) atoms. The molecule has 0 aliphatic carbocycles. The minimum absolute atomic E-state index is 0.173. The van der Waals surface area contributed by atoms with Gasteiger partial charge in [-0.3, -0.25) is 0 Å². The second-order valence-corrected chi connectivity index (χ2v) is 4.82. The summed E-state index contributed by atoms with van der Waals surface area (Å²) in [5.41, 5.74) is 4.75. The predicted molar refractivity (Wildman–Crippen MR) is 82.5 cm³/mol. The first kappa shape index (κ1) is 14.3. The Hall–Kier alpha value is -2.16. The van der Waals surface area contributed by atoms with Gasteiger partial charge < -0.3 is 15.2 Å². The highest BCUT2D eigenvalue weighted by Crippen LogP contribution is 2.27. The second kappa shape index (κ2) is 6.33. The first-order chi connectivity index (χ1) is 9.65. The summed E-state index contributed by atoms with van der Waals surface area (Å²) < 4.78 is 5.05. The number of aryl methyl sites for hydroxylation is 2. The number of nitrogens with one attached hydrogen (secondary N) is 1. The minimum Gasteiger partial charge on any atom is -0.504 e. The Kier molecular flexibility index (Phi) is 4.51. The van der Waals surface area contributed by atoms with E-state index in [0.29, 0.717) is 12.3 Å². The fourth-order valence-corrected chi connectivity index (χ4v) is 2.31. The Morgan fingerprint density at radius 2 is 2.00 bits per heavy atom. The molecule has 2 aromatic rings. The number of phenolic OH excluding ortho intramolecular Hbond substituents is 1. The number of phenols is 1. The molecule has 0 fully saturated rings. The third-order valence-electron chi connectivity index (χ3n) is 3.45. The van der Waals surface area contributed by atoms with Crippen LogP contribution in [0.3, 0.4) is 0 Å². The van der Waals surface area contributed by atoms with Crippen molar-refractivity contribution < 1.29 is 9.84 Å². The van der Waals surface area contributed by atoms with Crippen molar-refractivity contribution in [3.05, 3.63) is 53.1 Å². The molecule has 0 heterocycles. The van der Waals surface area contributed by atoms with E-state index in [1.807, 2.05) is 6.07 Å². The van der Waals surface area contributed by atoms with Gasteiger partial charge in [-0.25, -0.2) is 0 Å². The highest BCUT2D eigenvalue weighted by molar-refractivity contribution is 5.57. The van der Waals surface area contributed by atoms with Crippen LogP contribution in [0.15, 0.2) is 36.4 Å². The third-order valence-corrected chi connectivity index (χ3v) is 3.45. The number of rotatable bonds is 5. The highest BCUT2D eigenvalue weighted by atomic mass is 16.5. The molecule has 0 unspecified atom stereocenters. The maximum Gasteiger partial charge on any atom is 0.160 e. The zero-order valence-electron chi connectivity index (χ0n) is 12.2. The van der Waals surface area contributed by atoms with Crippen LogP contribution in [0.1, 0.15) is 23.6 Å². The van der Waals surface area contributed by atoms with Gasteiger partial charge in [0.05, 0.1) is 7.11 Å². The zero-order chi connectivity index (χ0) is 14.5. The lowest BCUT2D eigenvalue weighted by atomic mass is 10.1. The van der Waals surface area contributed by atoms with Gasteiger partial charge in [0.2, 0.25) is 0 Å². The van der Waals surface area contributed by atoms with Gasteiger partial charge in [0.15, 0.2) is 11.5 Å². The average Bonchev–Trinajstić information content (AvgIpc) is 2.46. The summed E-state index contributed by atoms with van der Waals surface area (Å²) in [5.74, 6) is 0.672. The number of para-hydroxylation sites is 1. The van der Waals surface area contributed by atoms with Gasteiger partial charge in [-0.15, -0.1) is 0 Å². The van der Waals surface area contributed by atoms with Crippen LogP contribution in [0.5, 0.6) is 11.5 Å². The molecule has 2 rings (SSSR count). The van der Waals surface area contributed by atoms with Crippen LogP contribution in [0.25, 0.3) is 0 Å². The molecular formula is C17H21NO2. The molecule has 3 heteroatoms. The molecular weight excluding hydrogens is 250 g/mol. The molecule has 0 aliphatic heterocycles. The van der Waals surface area contributed by atoms with E-state index in [-0.39, 0.29) is 5.75 Å². The number of benzene rings is 2. The summed E-state index contributed by atoms with van der Waals surface area (Å²) in [5, 5.41) is 13.3. The lowest BCUT2D eigenvalue weighted by Crippen LogP contribution is -2.04. The molecule has 0 saturated heterocycles. The first-order valence-electron chi connectivity index (χ1n) is 6.84. The van der Waals surface area contributed by atoms with Gasteiger partial charge in [0.1, 0.15) is 0 Å². The van der Waals surface area contributed by atoms with Crippen LogP contribution < -0.4 is 10.1 Å². The molecule has 2 aromatic carbocycles. The molecule has 0 saturated carbocycles. The Balaban J connectivity index is 2.15. The summed E-state index contributed by atoms with van der Waals surface area (Å²) >= 11 is 0. The van der Waals surface area contributed by atoms with E-state index in [9.17, 15) is 5.11 Å². The van der Waals surface area contributed by atoms with Gasteiger partial charge in [0.25, 0.3) is 0 Å². The second-order valence-electron chi connectivity index (χ2n) is 4.82. The van der Waals surface area contributed by atoms with Gasteiger partial charge in [0, 0.05) is 12.2 Å². The topological polar surface area (TPSA) is 41.5 Å². The zero-order valence-corrected chi connectivity index (χ0v) is 12.2. The number of ether oxygens (including phenoxy) is 1. The van der Waals surface area contributed by atoms with Crippen LogP contribution >= 0.6 is 0 Å². The molecule has 0 aliphatic rings. The molecule has 0 amide bonds. The van der Waals surface area contributed by atoms with Crippen molar-refractivity contribution in [1.82, 2.24) is 0 Å². The first-order valence-corrected chi connectivity index (χ1v) is 6.84. The maximum atomic E-state index is 9.79. The molecule has 0 bridgehead atoms. The quantitative estimate of drug-likeness (QED) is 0.867. The van der Waals surface area contributed by atoms with Crippen molar-refractivity contribution in [3.63, 3.8) is 0 Å². The van der Waals surface area contributed by atoms with Crippen LogP contribution in [0.2, 0.25) is 0 Å². The Labute approximate surface area is 120 Å². The van der Waals surface area contributed by atoms with Gasteiger partial charge in [-0.05, 0) is 42.2 Å². The predicted octanol–water partition coefficient (Wildman–Crippen LogP) is 3.88. The van der Waals surface area contributed by atoms with E-state index >= 15 is 0 Å². The van der Waals surface area contributed by atoms with Crippen molar-refractivity contribution in [2.45, 2.75) is 26.8 Å². The molecule has 0 atom stereocenters. The largest absolute Gasteiger partial charge is 0.504 e. The number of anilines is 1. The van der Waals surface area contributed by atoms with Crippen molar-refractivity contribution in [1.29, 1.82) is 0 Å². The van der Waals surface area contributed by atoms with E-state index in [1.54, 1.807) is 19.2 Å². The SMILES string of the molecule is CCc1cccc(C)c1NCc1ccc(OC)c(O)c1. The van der Waals surface area contributed by atoms with Crippen LogP contribution in [-0.2, 0) is 13.0 Å². The van der Waals surface area contributed by atoms with E-state index in [1.165, 1.54) is 16.8 Å². The molecule has 0 spiro atoms. The van der Waals surface area contributed by atoms with Crippen molar-refractivity contribution in [2.24, 2.45) is 0 Å². The lowest BCUT2D eigenvalue weighted by Gasteiger charge is -2.14. The molecule has 106 valence electrons. The molecule has 0 aromatic heterocycles. The highest BCUT2D eigenvalue weighted by Gasteiger charge is 2.06. The lowest BCUT2D eigenvalue weighted by molar-refractivity contribution is 0.373. The Morgan fingerprint density at radius 3 is 2.65 bits per heavy atom. The summed E-state index contributed by atoms with van der Waals surface area (Å²) in [4.78, 5) is 0. The van der Waals surface area contributed by atoms with E-state index in [2.05, 4.69) is 37.4 Å². The van der Waals surface area contributed by atoms with Crippen molar-refractivity contribution in [3.8, 4) is 11.5 Å². The smallest absolute Gasteiger partial charge is 0.160 e. The molecule has 2 N–H and O–H groups in total. The Morgan fingerprint density at radius 1 is 1.20 bits per heavy atom. The van der Waals surface area contributed by atoms with Gasteiger partial charge in [-0.1, -0.05) is 31.2 Å². The number of hydrogen-bond acceptors (Lipinski definition) is 3. The number of aromatic hydroxyl groups is 1. The van der Waals surface area contributed by atoms with Gasteiger partial charge in [-0.2, -0.15) is 0 Å². The maximum absolute atomic E-state index is 9.79. The third kappa shape index (κ3) is 3.05. The fraction of sp³-hybridized carbons (Fsp3) is 0.294. The summed E-state index contributed by atoms with van der Waals surface area (Å²) in [6, 6.07) is 11.8. The normalized spacial score (nSPS) is 10.3. The Bertz CT molecular complexity index is 594.